The van der Waals surface area contributed by atoms with E-state index in [1.54, 1.807) is 42.5 Å². The molecule has 2 atom stereocenters. The number of carbonyl (C=O) groups excluding carboxylic acids is 2. The summed E-state index contributed by atoms with van der Waals surface area (Å²) in [5.74, 6) is -0.495. The molecule has 1 aliphatic carbocycles. The van der Waals surface area contributed by atoms with Gasteiger partial charge in [-0.3, -0.25) is 4.79 Å². The summed E-state index contributed by atoms with van der Waals surface area (Å²) in [6.07, 6.45) is 5.71. The molecule has 2 aliphatic heterocycles. The maximum absolute atomic E-state index is 12.9. The van der Waals surface area contributed by atoms with Crippen molar-refractivity contribution in [2.75, 3.05) is 0 Å². The van der Waals surface area contributed by atoms with Gasteiger partial charge in [0.15, 0.2) is 5.60 Å². The molecule has 3 aliphatic rings. The van der Waals surface area contributed by atoms with Gasteiger partial charge in [0.1, 0.15) is 17.2 Å². The molecular weight excluding hydrogens is 400 g/mol. The van der Waals surface area contributed by atoms with Gasteiger partial charge in [-0.1, -0.05) is 24.3 Å². The Labute approximate surface area is 176 Å². The average molecular weight is 416 g/mol. The Morgan fingerprint density at radius 2 is 1.97 bits per heavy atom. The van der Waals surface area contributed by atoms with Crippen LogP contribution in [0.4, 0.5) is 5.69 Å². The summed E-state index contributed by atoms with van der Waals surface area (Å²) < 4.78 is 12.1. The molecular formula is C23H16N2O6. The lowest BCUT2D eigenvalue weighted by atomic mass is 9.79. The van der Waals surface area contributed by atoms with E-state index >= 15 is 0 Å². The number of nitroso groups, excluding NO2 is 1. The van der Waals surface area contributed by atoms with Crippen molar-refractivity contribution in [3.05, 3.63) is 99.2 Å². The summed E-state index contributed by atoms with van der Waals surface area (Å²) >= 11 is 0. The van der Waals surface area contributed by atoms with E-state index in [0.29, 0.717) is 28.2 Å². The van der Waals surface area contributed by atoms with Crippen molar-refractivity contribution >= 4 is 17.6 Å². The maximum Gasteiger partial charge on any atom is 0.339 e. The minimum atomic E-state index is -1.26. The molecule has 0 aromatic heterocycles. The highest BCUT2D eigenvalue weighted by Crippen LogP contribution is 2.50. The third kappa shape index (κ3) is 2.88. The van der Waals surface area contributed by atoms with Crippen molar-refractivity contribution in [1.29, 1.82) is 0 Å². The fourth-order valence-corrected chi connectivity index (χ4v) is 4.18. The van der Waals surface area contributed by atoms with Gasteiger partial charge in [-0.05, 0) is 41.1 Å². The largest absolute Gasteiger partial charge is 0.457 e. The summed E-state index contributed by atoms with van der Waals surface area (Å²) in [7, 11) is 0. The van der Waals surface area contributed by atoms with Crippen LogP contribution >= 0.6 is 0 Å². The molecule has 3 N–H and O–H groups in total. The van der Waals surface area contributed by atoms with Crippen LogP contribution in [0.1, 0.15) is 31.8 Å². The minimum absolute atomic E-state index is 0.194. The molecule has 8 heteroatoms. The lowest BCUT2D eigenvalue weighted by Crippen LogP contribution is -2.31. The molecule has 2 unspecified atom stereocenters. The molecule has 8 nitrogen and oxygen atoms in total. The molecule has 0 saturated carbocycles. The number of carbonyl (C=O) groups is 2. The number of hydrogen-bond donors (Lipinski definition) is 2. The smallest absolute Gasteiger partial charge is 0.339 e. The Morgan fingerprint density at radius 1 is 1.16 bits per heavy atom. The van der Waals surface area contributed by atoms with Gasteiger partial charge in [-0.2, -0.15) is 0 Å². The third-order valence-corrected chi connectivity index (χ3v) is 5.65. The van der Waals surface area contributed by atoms with Crippen LogP contribution in [-0.4, -0.2) is 23.1 Å². The molecule has 1 spiro atoms. The Balaban J connectivity index is 1.78. The Kier molecular flexibility index (Phi) is 4.13. The van der Waals surface area contributed by atoms with Gasteiger partial charge in [0.05, 0.1) is 11.7 Å². The SMILES string of the molecule is NC(=O)c1ccc2c(c1)C(=O)OC21Cc2ccc(N=O)cc2OC2=C1C=CC(O)C=C2. The Morgan fingerprint density at radius 3 is 2.74 bits per heavy atom. The zero-order valence-corrected chi connectivity index (χ0v) is 16.1. The number of nitrogens with zero attached hydrogens (tertiary/aromatic N) is 1. The van der Waals surface area contributed by atoms with Crippen LogP contribution in [0.2, 0.25) is 0 Å². The van der Waals surface area contributed by atoms with Crippen molar-refractivity contribution in [2.45, 2.75) is 18.1 Å². The number of primary amides is 1. The van der Waals surface area contributed by atoms with Gasteiger partial charge in [0, 0.05) is 29.2 Å². The number of amides is 1. The lowest BCUT2D eigenvalue weighted by Gasteiger charge is -2.29. The van der Waals surface area contributed by atoms with Crippen molar-refractivity contribution < 1.29 is 24.2 Å². The van der Waals surface area contributed by atoms with Crippen LogP contribution in [0.3, 0.4) is 0 Å². The second kappa shape index (κ2) is 6.75. The first-order valence-corrected chi connectivity index (χ1v) is 9.52. The van der Waals surface area contributed by atoms with Crippen molar-refractivity contribution in [1.82, 2.24) is 0 Å². The van der Waals surface area contributed by atoms with Gasteiger partial charge in [-0.15, -0.1) is 4.91 Å². The van der Waals surface area contributed by atoms with Gasteiger partial charge < -0.3 is 20.3 Å². The van der Waals surface area contributed by atoms with Crippen LogP contribution < -0.4 is 10.5 Å². The van der Waals surface area contributed by atoms with Crippen molar-refractivity contribution in [2.24, 2.45) is 10.9 Å². The molecule has 31 heavy (non-hydrogen) atoms. The first kappa shape index (κ1) is 19.0. The number of benzene rings is 2. The van der Waals surface area contributed by atoms with Gasteiger partial charge in [0.2, 0.25) is 5.91 Å². The van der Waals surface area contributed by atoms with E-state index in [2.05, 4.69) is 5.18 Å². The Bertz CT molecular complexity index is 1260. The standard InChI is InChI=1S/C23H16N2O6/c24-21(27)12-2-6-17-16(9-12)22(28)31-23(17)11-13-1-3-14(25-29)10-20(13)30-19-8-5-15(26)4-7-18(19)23/h1-10,15,26H,11H2,(H2,24,27). The highest BCUT2D eigenvalue weighted by Gasteiger charge is 2.51. The predicted molar refractivity (Wildman–Crippen MR) is 110 cm³/mol. The number of fused-ring (bicyclic) bond motifs is 4. The van der Waals surface area contributed by atoms with Crippen LogP contribution in [0, 0.1) is 4.91 Å². The number of allylic oxidation sites excluding steroid dienone is 1. The summed E-state index contributed by atoms with van der Waals surface area (Å²) in [6, 6.07) is 9.39. The molecule has 2 aromatic carbocycles. The molecule has 1 amide bonds. The molecule has 5 rings (SSSR count). The predicted octanol–water partition coefficient (Wildman–Crippen LogP) is 2.93. The third-order valence-electron chi connectivity index (χ3n) is 5.65. The van der Waals surface area contributed by atoms with Gasteiger partial charge in [-0.25, -0.2) is 4.79 Å². The van der Waals surface area contributed by atoms with Crippen LogP contribution in [0.25, 0.3) is 0 Å². The normalized spacial score (nSPS) is 23.3. The van der Waals surface area contributed by atoms with Gasteiger partial charge in [0.25, 0.3) is 0 Å². The molecule has 154 valence electrons. The van der Waals surface area contributed by atoms with Crippen LogP contribution in [0.15, 0.2) is 77.2 Å². The lowest BCUT2D eigenvalue weighted by molar-refractivity contribution is 0.0103. The zero-order chi connectivity index (χ0) is 21.8. The first-order chi connectivity index (χ1) is 14.9. The van der Waals surface area contributed by atoms with E-state index in [1.807, 2.05) is 0 Å². The number of aliphatic hydroxyl groups is 1. The first-order valence-electron chi connectivity index (χ1n) is 9.52. The molecule has 2 aromatic rings. The van der Waals surface area contributed by atoms with E-state index in [9.17, 15) is 19.6 Å². The number of esters is 1. The molecule has 0 radical (unpaired) electrons. The van der Waals surface area contributed by atoms with Crippen LogP contribution in [0.5, 0.6) is 5.75 Å². The second-order valence-electron chi connectivity index (χ2n) is 7.49. The highest BCUT2D eigenvalue weighted by atomic mass is 16.6. The fourth-order valence-electron chi connectivity index (χ4n) is 4.18. The number of aliphatic hydroxyl groups excluding tert-OH is 1. The minimum Gasteiger partial charge on any atom is -0.457 e. The summed E-state index contributed by atoms with van der Waals surface area (Å²) in [6.45, 7) is 0. The summed E-state index contributed by atoms with van der Waals surface area (Å²) in [4.78, 5) is 35.5. The van der Waals surface area contributed by atoms with Gasteiger partial charge >= 0.3 is 5.97 Å². The van der Waals surface area contributed by atoms with E-state index in [0.717, 1.165) is 0 Å². The maximum atomic E-state index is 12.9. The Hall–Kier alpha value is -4.04. The average Bonchev–Trinajstić information content (AvgIpc) is 2.86. The highest BCUT2D eigenvalue weighted by molar-refractivity contribution is 6.00. The van der Waals surface area contributed by atoms with E-state index in [-0.39, 0.29) is 23.2 Å². The van der Waals surface area contributed by atoms with E-state index < -0.39 is 23.6 Å². The fraction of sp³-hybridized carbons (Fsp3) is 0.130. The molecule has 0 fully saturated rings. The molecule has 0 bridgehead atoms. The van der Waals surface area contributed by atoms with E-state index in [4.69, 9.17) is 15.2 Å². The second-order valence-corrected chi connectivity index (χ2v) is 7.49. The van der Waals surface area contributed by atoms with Crippen molar-refractivity contribution in [3.63, 3.8) is 0 Å². The van der Waals surface area contributed by atoms with Crippen LogP contribution in [-0.2, 0) is 16.8 Å². The summed E-state index contributed by atoms with van der Waals surface area (Å²) in [5, 5.41) is 13.0. The number of nitrogens with two attached hydrogens (primary N) is 1. The van der Waals surface area contributed by atoms with E-state index in [1.165, 1.54) is 18.2 Å². The monoisotopic (exact) mass is 416 g/mol. The number of hydrogen-bond acceptors (Lipinski definition) is 7. The quantitative estimate of drug-likeness (QED) is 0.572. The number of rotatable bonds is 2. The molecule has 0 saturated heterocycles. The molecule has 2 heterocycles. The van der Waals surface area contributed by atoms with Crippen molar-refractivity contribution in [3.8, 4) is 5.75 Å². The zero-order valence-electron chi connectivity index (χ0n) is 16.1. The number of ether oxygens (including phenoxy) is 2. The summed E-state index contributed by atoms with van der Waals surface area (Å²) in [5.41, 5.74) is 6.52. The topological polar surface area (TPSA) is 128 Å².